The van der Waals surface area contributed by atoms with E-state index in [0.717, 1.165) is 30.1 Å². The molecule has 0 N–H and O–H groups in total. The van der Waals surface area contributed by atoms with E-state index < -0.39 is 0 Å². The van der Waals surface area contributed by atoms with Gasteiger partial charge in [0, 0.05) is 50.3 Å². The fraction of sp³-hybridized carbons (Fsp3) is 0.348. The quantitative estimate of drug-likeness (QED) is 0.578. The topological polar surface area (TPSA) is 71.7 Å². The molecule has 1 aliphatic heterocycles. The molecule has 1 amide bonds. The Kier molecular flexibility index (Phi) is 6.45. The van der Waals surface area contributed by atoms with Crippen molar-refractivity contribution in [1.29, 1.82) is 0 Å². The molecule has 0 atom stereocenters. The van der Waals surface area contributed by atoms with Gasteiger partial charge in [-0.2, -0.15) is 4.98 Å². The van der Waals surface area contributed by atoms with Crippen LogP contribution >= 0.6 is 0 Å². The summed E-state index contributed by atoms with van der Waals surface area (Å²) in [6, 6.07) is 13.9. The summed E-state index contributed by atoms with van der Waals surface area (Å²) in [5.74, 6) is 1.56. The van der Waals surface area contributed by atoms with Crippen LogP contribution in [0.15, 0.2) is 53.1 Å². The van der Waals surface area contributed by atoms with E-state index in [0.29, 0.717) is 44.3 Å². The third kappa shape index (κ3) is 5.20. The van der Waals surface area contributed by atoms with Crippen LogP contribution in [0, 0.1) is 5.82 Å². The van der Waals surface area contributed by atoms with E-state index in [1.54, 1.807) is 12.1 Å². The second kappa shape index (κ2) is 9.59. The van der Waals surface area contributed by atoms with Gasteiger partial charge in [-0.15, -0.1) is 0 Å². The molecule has 1 aliphatic rings. The Hall–Kier alpha value is -3.42. The predicted molar refractivity (Wildman–Crippen MR) is 114 cm³/mol. The van der Waals surface area contributed by atoms with E-state index in [1.165, 1.54) is 12.1 Å². The molecule has 0 radical (unpaired) electrons. The van der Waals surface area contributed by atoms with Gasteiger partial charge in [0.1, 0.15) is 11.6 Å². The van der Waals surface area contributed by atoms with Crippen LogP contribution in [-0.4, -0.2) is 53.7 Å². The van der Waals surface area contributed by atoms with Gasteiger partial charge in [0.05, 0.1) is 6.61 Å². The number of ether oxygens (including phenoxy) is 1. The number of halogens is 1. The fourth-order valence-electron chi connectivity index (χ4n) is 3.58. The summed E-state index contributed by atoms with van der Waals surface area (Å²) in [5, 5.41) is 4.02. The summed E-state index contributed by atoms with van der Waals surface area (Å²) in [5.41, 5.74) is 1.81. The van der Waals surface area contributed by atoms with Crippen LogP contribution in [-0.2, 0) is 11.2 Å². The summed E-state index contributed by atoms with van der Waals surface area (Å²) >= 11 is 0. The zero-order chi connectivity index (χ0) is 21.6. The van der Waals surface area contributed by atoms with Crippen molar-refractivity contribution in [3.63, 3.8) is 0 Å². The highest BCUT2D eigenvalue weighted by Crippen LogP contribution is 2.21. The molecule has 2 aromatic carbocycles. The second-order valence-electron chi connectivity index (χ2n) is 7.31. The molecule has 2 heterocycles. The maximum atomic E-state index is 13.1. The lowest BCUT2D eigenvalue weighted by Crippen LogP contribution is -2.48. The summed E-state index contributed by atoms with van der Waals surface area (Å²) in [4.78, 5) is 21.0. The van der Waals surface area contributed by atoms with Crippen LogP contribution < -0.4 is 9.64 Å². The number of piperazine rings is 1. The molecule has 1 aromatic heterocycles. The van der Waals surface area contributed by atoms with Crippen molar-refractivity contribution in [2.45, 2.75) is 19.8 Å². The minimum Gasteiger partial charge on any atom is -0.494 e. The first-order chi connectivity index (χ1) is 15.1. The van der Waals surface area contributed by atoms with Gasteiger partial charge in [0.25, 0.3) is 0 Å². The monoisotopic (exact) mass is 424 g/mol. The van der Waals surface area contributed by atoms with Crippen molar-refractivity contribution in [3.8, 4) is 17.1 Å². The molecule has 1 saturated heterocycles. The number of aromatic nitrogens is 2. The Balaban J connectivity index is 1.26. The lowest BCUT2D eigenvalue weighted by Gasteiger charge is -2.36. The van der Waals surface area contributed by atoms with Crippen LogP contribution in [0.5, 0.6) is 5.75 Å². The maximum Gasteiger partial charge on any atom is 0.227 e. The lowest BCUT2D eigenvalue weighted by molar-refractivity contribution is -0.131. The zero-order valence-corrected chi connectivity index (χ0v) is 17.5. The largest absolute Gasteiger partial charge is 0.494 e. The average Bonchev–Trinajstić information content (AvgIpc) is 3.28. The molecule has 0 bridgehead atoms. The zero-order valence-electron chi connectivity index (χ0n) is 17.5. The number of nitrogens with zero attached hydrogens (tertiary/aromatic N) is 4. The fourth-order valence-corrected chi connectivity index (χ4v) is 3.58. The van der Waals surface area contributed by atoms with Crippen LogP contribution in [0.3, 0.4) is 0 Å². The molecular weight excluding hydrogens is 399 g/mol. The van der Waals surface area contributed by atoms with E-state index in [1.807, 2.05) is 36.1 Å². The molecule has 0 saturated carbocycles. The number of carbonyl (C=O) groups excluding carboxylic acids is 1. The van der Waals surface area contributed by atoms with Gasteiger partial charge in [-0.05, 0) is 55.5 Å². The minimum absolute atomic E-state index is 0.0690. The van der Waals surface area contributed by atoms with Crippen LogP contribution in [0.1, 0.15) is 19.2 Å². The summed E-state index contributed by atoms with van der Waals surface area (Å²) < 4.78 is 23.8. The number of benzene rings is 2. The predicted octanol–water partition coefficient (Wildman–Crippen LogP) is 3.56. The second-order valence-corrected chi connectivity index (χ2v) is 7.31. The van der Waals surface area contributed by atoms with Crippen molar-refractivity contribution >= 4 is 11.6 Å². The third-order valence-electron chi connectivity index (χ3n) is 5.27. The van der Waals surface area contributed by atoms with Crippen molar-refractivity contribution in [2.24, 2.45) is 0 Å². The van der Waals surface area contributed by atoms with E-state index >= 15 is 0 Å². The van der Waals surface area contributed by atoms with E-state index in [9.17, 15) is 9.18 Å². The minimum atomic E-state index is -0.246. The van der Waals surface area contributed by atoms with Crippen molar-refractivity contribution in [1.82, 2.24) is 15.0 Å². The Morgan fingerprint density at radius 1 is 1.06 bits per heavy atom. The van der Waals surface area contributed by atoms with Gasteiger partial charge in [-0.1, -0.05) is 5.16 Å². The molecule has 7 nitrogen and oxygen atoms in total. The van der Waals surface area contributed by atoms with Gasteiger partial charge in [-0.25, -0.2) is 4.39 Å². The molecule has 8 heteroatoms. The number of hydrogen-bond acceptors (Lipinski definition) is 6. The molecule has 0 aliphatic carbocycles. The molecule has 31 heavy (non-hydrogen) atoms. The van der Waals surface area contributed by atoms with Gasteiger partial charge < -0.3 is 19.1 Å². The van der Waals surface area contributed by atoms with Crippen LogP contribution in [0.2, 0.25) is 0 Å². The van der Waals surface area contributed by atoms with Gasteiger partial charge in [-0.3, -0.25) is 4.79 Å². The first kappa shape index (κ1) is 20.8. The van der Waals surface area contributed by atoms with Crippen molar-refractivity contribution in [3.05, 3.63) is 60.2 Å². The number of hydrogen-bond donors (Lipinski definition) is 0. The standard InChI is InChI=1S/C23H25FN4O3/c1-2-30-20-9-3-17(4-10-20)23-25-21(31-26-23)11-12-22(29)28-15-13-27(14-16-28)19-7-5-18(24)6-8-19/h3-10H,2,11-16H2,1H3. The van der Waals surface area contributed by atoms with Gasteiger partial charge in [0.15, 0.2) is 0 Å². The van der Waals surface area contributed by atoms with E-state index in [2.05, 4.69) is 15.0 Å². The Bertz CT molecular complexity index is 996. The number of anilines is 1. The highest BCUT2D eigenvalue weighted by Gasteiger charge is 2.22. The molecule has 4 rings (SSSR count). The molecule has 162 valence electrons. The van der Waals surface area contributed by atoms with Crippen LogP contribution in [0.25, 0.3) is 11.4 Å². The summed E-state index contributed by atoms with van der Waals surface area (Å²) in [6.45, 7) is 5.27. The number of aryl methyl sites for hydroxylation is 1. The molecule has 0 spiro atoms. The Morgan fingerprint density at radius 2 is 1.77 bits per heavy atom. The molecule has 3 aromatic rings. The van der Waals surface area contributed by atoms with Crippen molar-refractivity contribution < 1.29 is 18.4 Å². The average molecular weight is 424 g/mol. The summed E-state index contributed by atoms with van der Waals surface area (Å²) in [7, 11) is 0. The molecule has 1 fully saturated rings. The smallest absolute Gasteiger partial charge is 0.227 e. The highest BCUT2D eigenvalue weighted by molar-refractivity contribution is 5.76. The molecular formula is C23H25FN4O3. The Morgan fingerprint density at radius 3 is 2.45 bits per heavy atom. The third-order valence-corrected chi connectivity index (χ3v) is 5.27. The SMILES string of the molecule is CCOc1ccc(-c2noc(CCC(=O)N3CCN(c4ccc(F)cc4)CC3)n2)cc1. The number of carbonyl (C=O) groups is 1. The normalized spacial score (nSPS) is 14.0. The highest BCUT2D eigenvalue weighted by atomic mass is 19.1. The van der Waals surface area contributed by atoms with Crippen LogP contribution in [0.4, 0.5) is 10.1 Å². The van der Waals surface area contributed by atoms with Gasteiger partial charge >= 0.3 is 0 Å². The van der Waals surface area contributed by atoms with Gasteiger partial charge in [0.2, 0.25) is 17.6 Å². The first-order valence-electron chi connectivity index (χ1n) is 10.5. The summed E-state index contributed by atoms with van der Waals surface area (Å²) in [6.07, 6.45) is 0.725. The number of amides is 1. The first-order valence-corrected chi connectivity index (χ1v) is 10.5. The maximum absolute atomic E-state index is 13.1. The lowest BCUT2D eigenvalue weighted by atomic mass is 10.2. The van der Waals surface area contributed by atoms with Crippen molar-refractivity contribution in [2.75, 3.05) is 37.7 Å². The van der Waals surface area contributed by atoms with E-state index in [-0.39, 0.29) is 11.7 Å². The Labute approximate surface area is 180 Å². The number of rotatable bonds is 7. The van der Waals surface area contributed by atoms with E-state index in [4.69, 9.17) is 9.26 Å². The molecule has 0 unspecified atom stereocenters.